The Morgan fingerprint density at radius 3 is 2.50 bits per heavy atom. The fourth-order valence-electron chi connectivity index (χ4n) is 1.98. The molecule has 0 spiro atoms. The first-order chi connectivity index (χ1) is 8.48. The van der Waals surface area contributed by atoms with Gasteiger partial charge in [0.05, 0.1) is 12.6 Å². The molecule has 3 nitrogen and oxygen atoms in total. The number of rotatable bonds is 6. The predicted molar refractivity (Wildman–Crippen MR) is 76.4 cm³/mol. The summed E-state index contributed by atoms with van der Waals surface area (Å²) in [5.74, 6) is 6.64. The van der Waals surface area contributed by atoms with Gasteiger partial charge >= 0.3 is 0 Å². The van der Waals surface area contributed by atoms with E-state index >= 15 is 0 Å². The quantitative estimate of drug-likeness (QED) is 0.601. The van der Waals surface area contributed by atoms with Crippen molar-refractivity contribution in [2.75, 3.05) is 6.61 Å². The van der Waals surface area contributed by atoms with E-state index in [2.05, 4.69) is 39.2 Å². The SMILES string of the molecule is CCCOc1ccccc1C(CC(C)(C)C)NN. The van der Waals surface area contributed by atoms with E-state index in [1.54, 1.807) is 0 Å². The summed E-state index contributed by atoms with van der Waals surface area (Å²) in [6.07, 6.45) is 1.98. The van der Waals surface area contributed by atoms with Crippen molar-refractivity contribution in [2.24, 2.45) is 11.3 Å². The summed E-state index contributed by atoms with van der Waals surface area (Å²) in [6, 6.07) is 8.25. The molecule has 0 aliphatic heterocycles. The summed E-state index contributed by atoms with van der Waals surface area (Å²) in [4.78, 5) is 0. The van der Waals surface area contributed by atoms with E-state index in [1.807, 2.05) is 18.2 Å². The molecule has 0 radical (unpaired) electrons. The van der Waals surface area contributed by atoms with Gasteiger partial charge in [0.1, 0.15) is 5.75 Å². The van der Waals surface area contributed by atoms with Crippen LogP contribution in [-0.4, -0.2) is 6.61 Å². The number of nitrogens with two attached hydrogens (primary N) is 1. The van der Waals surface area contributed by atoms with Crippen molar-refractivity contribution in [3.05, 3.63) is 29.8 Å². The van der Waals surface area contributed by atoms with E-state index < -0.39 is 0 Å². The number of ether oxygens (including phenoxy) is 1. The first-order valence-electron chi connectivity index (χ1n) is 6.66. The molecule has 1 unspecified atom stereocenters. The summed E-state index contributed by atoms with van der Waals surface area (Å²) >= 11 is 0. The Bertz CT molecular complexity index is 358. The molecule has 0 fully saturated rings. The number of hydrazine groups is 1. The van der Waals surface area contributed by atoms with Gasteiger partial charge in [0.25, 0.3) is 0 Å². The number of benzene rings is 1. The molecule has 3 heteroatoms. The third-order valence-electron chi connectivity index (χ3n) is 2.77. The minimum Gasteiger partial charge on any atom is -0.493 e. The van der Waals surface area contributed by atoms with Crippen molar-refractivity contribution < 1.29 is 4.74 Å². The highest BCUT2D eigenvalue weighted by atomic mass is 16.5. The zero-order valence-corrected chi connectivity index (χ0v) is 12.0. The lowest BCUT2D eigenvalue weighted by atomic mass is 9.85. The maximum absolute atomic E-state index is 5.79. The molecule has 0 heterocycles. The van der Waals surface area contributed by atoms with Crippen LogP contribution in [0, 0.1) is 5.41 Å². The Labute approximate surface area is 111 Å². The number of hydrogen-bond acceptors (Lipinski definition) is 3. The van der Waals surface area contributed by atoms with Gasteiger partial charge in [0.2, 0.25) is 0 Å². The molecular formula is C15H26N2O. The van der Waals surface area contributed by atoms with E-state index in [4.69, 9.17) is 10.6 Å². The van der Waals surface area contributed by atoms with Crippen molar-refractivity contribution in [3.8, 4) is 5.75 Å². The average Bonchev–Trinajstić information content (AvgIpc) is 2.33. The highest BCUT2D eigenvalue weighted by Crippen LogP contribution is 2.33. The first-order valence-corrected chi connectivity index (χ1v) is 6.66. The van der Waals surface area contributed by atoms with Crippen LogP contribution in [0.4, 0.5) is 0 Å². The Morgan fingerprint density at radius 1 is 1.28 bits per heavy atom. The molecule has 0 aromatic heterocycles. The molecule has 0 amide bonds. The maximum Gasteiger partial charge on any atom is 0.124 e. The third-order valence-corrected chi connectivity index (χ3v) is 2.77. The van der Waals surface area contributed by atoms with Gasteiger partial charge in [-0.15, -0.1) is 0 Å². The van der Waals surface area contributed by atoms with Crippen molar-refractivity contribution in [1.29, 1.82) is 0 Å². The van der Waals surface area contributed by atoms with Gasteiger partial charge in [0.15, 0.2) is 0 Å². The van der Waals surface area contributed by atoms with Gasteiger partial charge in [-0.25, -0.2) is 0 Å². The monoisotopic (exact) mass is 250 g/mol. The standard InChI is InChI=1S/C15H26N2O/c1-5-10-18-14-9-7-6-8-12(14)13(17-16)11-15(2,3)4/h6-9,13,17H,5,10-11,16H2,1-4H3. The zero-order valence-electron chi connectivity index (χ0n) is 12.0. The van der Waals surface area contributed by atoms with Crippen LogP contribution in [0.5, 0.6) is 5.75 Å². The Morgan fingerprint density at radius 2 is 1.94 bits per heavy atom. The second-order valence-electron chi connectivity index (χ2n) is 5.87. The average molecular weight is 250 g/mol. The van der Waals surface area contributed by atoms with Gasteiger partial charge in [-0.05, 0) is 24.3 Å². The van der Waals surface area contributed by atoms with Gasteiger partial charge in [-0.1, -0.05) is 45.9 Å². The van der Waals surface area contributed by atoms with Crippen LogP contribution < -0.4 is 16.0 Å². The molecule has 1 rings (SSSR count). The first kappa shape index (κ1) is 15.0. The van der Waals surface area contributed by atoms with Crippen LogP contribution >= 0.6 is 0 Å². The molecule has 1 aromatic carbocycles. The highest BCUT2D eigenvalue weighted by Gasteiger charge is 2.21. The number of hydrogen-bond donors (Lipinski definition) is 2. The van der Waals surface area contributed by atoms with Crippen LogP contribution in [0.15, 0.2) is 24.3 Å². The molecule has 0 saturated carbocycles. The second kappa shape index (κ2) is 6.76. The summed E-state index contributed by atoms with van der Waals surface area (Å²) in [5.41, 5.74) is 4.27. The lowest BCUT2D eigenvalue weighted by Gasteiger charge is -2.27. The van der Waals surface area contributed by atoms with Crippen molar-refractivity contribution >= 4 is 0 Å². The third kappa shape index (κ3) is 4.67. The molecule has 1 aromatic rings. The van der Waals surface area contributed by atoms with E-state index in [-0.39, 0.29) is 11.5 Å². The Kier molecular flexibility index (Phi) is 5.63. The number of para-hydroxylation sites is 1. The fourth-order valence-corrected chi connectivity index (χ4v) is 1.98. The second-order valence-corrected chi connectivity index (χ2v) is 5.87. The van der Waals surface area contributed by atoms with Crippen LogP contribution in [0.25, 0.3) is 0 Å². The lowest BCUT2D eigenvalue weighted by molar-refractivity contribution is 0.288. The molecule has 0 saturated heterocycles. The van der Waals surface area contributed by atoms with Gasteiger partial charge in [-0.2, -0.15) is 0 Å². The van der Waals surface area contributed by atoms with Crippen LogP contribution in [0.2, 0.25) is 0 Å². The molecule has 3 N–H and O–H groups in total. The minimum absolute atomic E-state index is 0.123. The maximum atomic E-state index is 5.79. The molecular weight excluding hydrogens is 224 g/mol. The van der Waals surface area contributed by atoms with Crippen molar-refractivity contribution in [3.63, 3.8) is 0 Å². The zero-order chi connectivity index (χ0) is 13.6. The predicted octanol–water partition coefficient (Wildman–Crippen LogP) is 3.42. The van der Waals surface area contributed by atoms with E-state index in [0.29, 0.717) is 0 Å². The van der Waals surface area contributed by atoms with Gasteiger partial charge in [0, 0.05) is 5.56 Å². The molecule has 0 aliphatic rings. The number of nitrogens with one attached hydrogen (secondary N) is 1. The summed E-state index contributed by atoms with van der Waals surface area (Å²) in [7, 11) is 0. The van der Waals surface area contributed by atoms with E-state index in [0.717, 1.165) is 30.8 Å². The summed E-state index contributed by atoms with van der Waals surface area (Å²) in [6.45, 7) is 9.49. The minimum atomic E-state index is 0.123. The van der Waals surface area contributed by atoms with Crippen LogP contribution in [-0.2, 0) is 0 Å². The lowest BCUT2D eigenvalue weighted by Crippen LogP contribution is -2.31. The van der Waals surface area contributed by atoms with Crippen LogP contribution in [0.3, 0.4) is 0 Å². The Hall–Kier alpha value is -1.06. The highest BCUT2D eigenvalue weighted by molar-refractivity contribution is 5.36. The summed E-state index contributed by atoms with van der Waals surface area (Å²) in [5, 5.41) is 0. The normalized spacial score (nSPS) is 13.4. The van der Waals surface area contributed by atoms with E-state index in [9.17, 15) is 0 Å². The molecule has 1 atom stereocenters. The van der Waals surface area contributed by atoms with Crippen LogP contribution in [0.1, 0.15) is 52.1 Å². The Balaban J connectivity index is 2.90. The smallest absolute Gasteiger partial charge is 0.124 e. The summed E-state index contributed by atoms with van der Waals surface area (Å²) < 4.78 is 5.79. The molecule has 0 aliphatic carbocycles. The molecule has 0 bridgehead atoms. The van der Waals surface area contributed by atoms with Crippen molar-refractivity contribution in [1.82, 2.24) is 5.43 Å². The van der Waals surface area contributed by atoms with E-state index in [1.165, 1.54) is 0 Å². The molecule has 102 valence electrons. The molecule has 18 heavy (non-hydrogen) atoms. The van der Waals surface area contributed by atoms with Gasteiger partial charge in [-0.3, -0.25) is 11.3 Å². The van der Waals surface area contributed by atoms with Crippen molar-refractivity contribution in [2.45, 2.75) is 46.6 Å². The van der Waals surface area contributed by atoms with Gasteiger partial charge < -0.3 is 4.74 Å². The topological polar surface area (TPSA) is 47.3 Å². The largest absolute Gasteiger partial charge is 0.493 e. The fraction of sp³-hybridized carbons (Fsp3) is 0.600.